The van der Waals surface area contributed by atoms with Crippen LogP contribution in [0.1, 0.15) is 18.4 Å². The molecule has 0 aliphatic carbocycles. The molecule has 1 heterocycles. The van der Waals surface area contributed by atoms with Gasteiger partial charge in [0.15, 0.2) is 0 Å². The highest BCUT2D eigenvalue weighted by Crippen LogP contribution is 2.23. The number of aromatic nitrogens is 1. The first-order valence-corrected chi connectivity index (χ1v) is 6.80. The van der Waals surface area contributed by atoms with Crippen LogP contribution < -0.4 is 11.2 Å². The highest BCUT2D eigenvalue weighted by molar-refractivity contribution is 14.1. The molecule has 2 rings (SSSR count). The molecule has 0 aliphatic rings. The molecule has 5 nitrogen and oxygen atoms in total. The van der Waals surface area contributed by atoms with Crippen molar-refractivity contribution in [3.8, 4) is 0 Å². The SMILES string of the molecule is CC(COC(N)=O)c1cccc2c(=O)c(I)c[nH]c12. The number of ether oxygens (including phenoxy) is 1. The van der Waals surface area contributed by atoms with Crippen LogP contribution in [0.5, 0.6) is 0 Å². The van der Waals surface area contributed by atoms with Gasteiger partial charge in [-0.25, -0.2) is 4.79 Å². The number of pyridine rings is 1. The van der Waals surface area contributed by atoms with E-state index in [1.54, 1.807) is 12.3 Å². The lowest BCUT2D eigenvalue weighted by atomic mass is 9.98. The number of H-pyrrole nitrogens is 1. The molecule has 0 fully saturated rings. The fraction of sp³-hybridized carbons (Fsp3) is 0.231. The van der Waals surface area contributed by atoms with E-state index in [2.05, 4.69) is 4.98 Å². The summed E-state index contributed by atoms with van der Waals surface area (Å²) in [4.78, 5) is 25.8. The van der Waals surface area contributed by atoms with E-state index in [-0.39, 0.29) is 18.0 Å². The van der Waals surface area contributed by atoms with Crippen molar-refractivity contribution in [3.63, 3.8) is 0 Å². The Labute approximate surface area is 123 Å². The third-order valence-electron chi connectivity index (χ3n) is 2.91. The first-order chi connectivity index (χ1) is 9.00. The number of rotatable bonds is 3. The summed E-state index contributed by atoms with van der Waals surface area (Å²) in [5, 5.41) is 0.635. The molecular weight excluding hydrogens is 359 g/mol. The molecule has 0 saturated heterocycles. The minimum absolute atomic E-state index is 0.000723. The molecule has 0 saturated carbocycles. The molecule has 3 N–H and O–H groups in total. The monoisotopic (exact) mass is 372 g/mol. The zero-order chi connectivity index (χ0) is 14.0. The average Bonchev–Trinajstić information content (AvgIpc) is 2.39. The maximum atomic E-state index is 12.0. The normalized spacial score (nSPS) is 12.3. The minimum Gasteiger partial charge on any atom is -0.449 e. The van der Waals surface area contributed by atoms with E-state index >= 15 is 0 Å². The summed E-state index contributed by atoms with van der Waals surface area (Å²) in [6.07, 6.45) is 0.881. The Balaban J connectivity index is 2.47. The number of fused-ring (bicyclic) bond motifs is 1. The van der Waals surface area contributed by atoms with Crippen LogP contribution in [0.3, 0.4) is 0 Å². The van der Waals surface area contributed by atoms with Crippen molar-refractivity contribution < 1.29 is 9.53 Å². The second-order valence-corrected chi connectivity index (χ2v) is 5.43. The van der Waals surface area contributed by atoms with Gasteiger partial charge in [-0.1, -0.05) is 19.1 Å². The van der Waals surface area contributed by atoms with Crippen molar-refractivity contribution in [1.82, 2.24) is 4.98 Å². The molecule has 0 bridgehead atoms. The second-order valence-electron chi connectivity index (χ2n) is 4.27. The third-order valence-corrected chi connectivity index (χ3v) is 3.71. The number of amides is 1. The van der Waals surface area contributed by atoms with E-state index in [9.17, 15) is 9.59 Å². The van der Waals surface area contributed by atoms with Gasteiger partial charge in [0.2, 0.25) is 5.43 Å². The van der Waals surface area contributed by atoms with Gasteiger partial charge in [-0.3, -0.25) is 4.79 Å². The molecule has 0 radical (unpaired) electrons. The maximum Gasteiger partial charge on any atom is 0.404 e. The van der Waals surface area contributed by atoms with E-state index in [0.29, 0.717) is 8.96 Å². The predicted octanol–water partition coefficient (Wildman–Crippen LogP) is 2.33. The van der Waals surface area contributed by atoms with Crippen molar-refractivity contribution in [2.24, 2.45) is 5.73 Å². The zero-order valence-corrected chi connectivity index (χ0v) is 12.4. The summed E-state index contributed by atoms with van der Waals surface area (Å²) in [6, 6.07) is 5.51. The van der Waals surface area contributed by atoms with Crippen LogP contribution in [0.15, 0.2) is 29.2 Å². The summed E-state index contributed by atoms with van der Waals surface area (Å²) in [6.45, 7) is 2.09. The van der Waals surface area contributed by atoms with Gasteiger partial charge in [0.1, 0.15) is 0 Å². The Morgan fingerprint density at radius 3 is 2.95 bits per heavy atom. The van der Waals surface area contributed by atoms with Gasteiger partial charge in [-0.2, -0.15) is 0 Å². The zero-order valence-electron chi connectivity index (χ0n) is 10.3. The van der Waals surface area contributed by atoms with Gasteiger partial charge in [0.05, 0.1) is 15.7 Å². The highest BCUT2D eigenvalue weighted by atomic mass is 127. The van der Waals surface area contributed by atoms with Gasteiger partial charge in [0.25, 0.3) is 0 Å². The molecular formula is C13H13IN2O3. The van der Waals surface area contributed by atoms with Crippen LogP contribution in [-0.2, 0) is 4.74 Å². The van der Waals surface area contributed by atoms with Crippen LogP contribution >= 0.6 is 22.6 Å². The van der Waals surface area contributed by atoms with E-state index in [4.69, 9.17) is 10.5 Å². The Morgan fingerprint density at radius 2 is 2.26 bits per heavy atom. The first-order valence-electron chi connectivity index (χ1n) is 5.72. The van der Waals surface area contributed by atoms with Crippen LogP contribution in [-0.4, -0.2) is 17.7 Å². The highest BCUT2D eigenvalue weighted by Gasteiger charge is 2.13. The van der Waals surface area contributed by atoms with Crippen molar-refractivity contribution in [2.45, 2.75) is 12.8 Å². The number of hydrogen-bond acceptors (Lipinski definition) is 3. The van der Waals surface area contributed by atoms with E-state index in [0.717, 1.165) is 11.1 Å². The summed E-state index contributed by atoms with van der Waals surface area (Å²) in [5.74, 6) is -0.0492. The van der Waals surface area contributed by atoms with Crippen molar-refractivity contribution in [3.05, 3.63) is 43.8 Å². The molecule has 1 aromatic carbocycles. The van der Waals surface area contributed by atoms with Gasteiger partial charge in [-0.05, 0) is 34.2 Å². The standard InChI is InChI=1S/C13H13IN2O3/c1-7(6-19-13(15)18)8-3-2-4-9-11(8)16-5-10(14)12(9)17/h2-5,7H,6H2,1H3,(H2,15,18)(H,16,17). The number of benzene rings is 1. The lowest BCUT2D eigenvalue weighted by molar-refractivity contribution is 0.151. The Bertz CT molecular complexity index is 681. The number of primary amides is 1. The number of para-hydroxylation sites is 1. The Morgan fingerprint density at radius 1 is 1.53 bits per heavy atom. The number of hydrogen-bond donors (Lipinski definition) is 2. The third kappa shape index (κ3) is 2.89. The minimum atomic E-state index is -0.796. The molecule has 1 amide bonds. The molecule has 6 heteroatoms. The number of carbonyl (C=O) groups excluding carboxylic acids is 1. The molecule has 1 atom stereocenters. The van der Waals surface area contributed by atoms with Crippen LogP contribution in [0.25, 0.3) is 10.9 Å². The van der Waals surface area contributed by atoms with Crippen molar-refractivity contribution >= 4 is 39.6 Å². The molecule has 0 aliphatic heterocycles. The molecule has 1 unspecified atom stereocenters. The molecule has 2 aromatic rings. The quantitative estimate of drug-likeness (QED) is 0.811. The number of halogens is 1. The lowest BCUT2D eigenvalue weighted by Gasteiger charge is -2.14. The van der Waals surface area contributed by atoms with E-state index < -0.39 is 6.09 Å². The summed E-state index contributed by atoms with van der Waals surface area (Å²) >= 11 is 2.00. The predicted molar refractivity (Wildman–Crippen MR) is 81.2 cm³/mol. The number of aromatic amines is 1. The summed E-state index contributed by atoms with van der Waals surface area (Å²) in [7, 11) is 0. The Hall–Kier alpha value is -1.57. The van der Waals surface area contributed by atoms with Crippen LogP contribution in [0.2, 0.25) is 0 Å². The number of nitrogens with one attached hydrogen (secondary N) is 1. The number of nitrogens with two attached hydrogens (primary N) is 1. The van der Waals surface area contributed by atoms with E-state index in [1.807, 2.05) is 41.6 Å². The first kappa shape index (κ1) is 13.9. The molecule has 100 valence electrons. The second kappa shape index (κ2) is 5.60. The molecule has 0 spiro atoms. The van der Waals surface area contributed by atoms with Crippen LogP contribution in [0.4, 0.5) is 4.79 Å². The molecule has 19 heavy (non-hydrogen) atoms. The Kier molecular flexibility index (Phi) is 4.08. The largest absolute Gasteiger partial charge is 0.449 e. The molecule has 1 aromatic heterocycles. The smallest absolute Gasteiger partial charge is 0.404 e. The van der Waals surface area contributed by atoms with E-state index in [1.165, 1.54) is 0 Å². The topological polar surface area (TPSA) is 85.2 Å². The fourth-order valence-corrected chi connectivity index (χ4v) is 2.40. The summed E-state index contributed by atoms with van der Waals surface area (Å²) in [5.41, 5.74) is 6.65. The summed E-state index contributed by atoms with van der Waals surface area (Å²) < 4.78 is 5.45. The van der Waals surface area contributed by atoms with Gasteiger partial charge in [0, 0.05) is 17.5 Å². The van der Waals surface area contributed by atoms with Gasteiger partial charge < -0.3 is 15.5 Å². The van der Waals surface area contributed by atoms with Gasteiger partial charge >= 0.3 is 6.09 Å². The average molecular weight is 372 g/mol. The van der Waals surface area contributed by atoms with Crippen LogP contribution in [0, 0.1) is 3.57 Å². The van der Waals surface area contributed by atoms with Crippen molar-refractivity contribution in [1.29, 1.82) is 0 Å². The fourth-order valence-electron chi connectivity index (χ4n) is 1.96. The number of carbonyl (C=O) groups is 1. The van der Waals surface area contributed by atoms with Gasteiger partial charge in [-0.15, -0.1) is 0 Å². The lowest BCUT2D eigenvalue weighted by Crippen LogP contribution is -2.17. The maximum absolute atomic E-state index is 12.0. The van der Waals surface area contributed by atoms with Crippen molar-refractivity contribution in [2.75, 3.05) is 6.61 Å².